The van der Waals surface area contributed by atoms with Crippen LogP contribution in [0.1, 0.15) is 41.5 Å². The number of aromatic nitrogens is 2. The van der Waals surface area contributed by atoms with Crippen molar-refractivity contribution in [2.24, 2.45) is 0 Å². The molecule has 8 aromatic rings. The fraction of sp³-hybridized carbons (Fsp3) is 0.190. The molecule has 0 amide bonds. The van der Waals surface area contributed by atoms with Gasteiger partial charge in [0.05, 0.1) is 0 Å². The Bertz CT molecular complexity index is 2120. The maximum Gasteiger partial charge on any atom is 4.00 e. The van der Waals surface area contributed by atoms with Gasteiger partial charge in [0.1, 0.15) is 11.0 Å². The fourth-order valence-electron chi connectivity index (χ4n) is 4.90. The van der Waals surface area contributed by atoms with Crippen molar-refractivity contribution < 1.29 is 55.1 Å². The molecule has 8 rings (SSSR count). The zero-order valence-corrected chi connectivity index (χ0v) is 33.0. The minimum atomic E-state index is -0.750. The Balaban J connectivity index is 0.000000179. The minimum Gasteiger partial charge on any atom is -0.872 e. The molecular formula is C42H38HfN2O6. The zero-order valence-electron chi connectivity index (χ0n) is 29.4. The summed E-state index contributed by atoms with van der Waals surface area (Å²) in [6, 6.07) is 37.3. The van der Waals surface area contributed by atoms with Gasteiger partial charge < -0.3 is 29.3 Å². The smallest absolute Gasteiger partial charge is 0.872 e. The predicted molar refractivity (Wildman–Crippen MR) is 192 cm³/mol. The first-order chi connectivity index (χ1) is 23.7. The quantitative estimate of drug-likeness (QED) is 0.161. The maximum atomic E-state index is 12.2. The molecule has 0 saturated carbocycles. The molecule has 0 aliphatic rings. The number of fused-ring (bicyclic) bond motifs is 4. The fourth-order valence-corrected chi connectivity index (χ4v) is 4.90. The summed E-state index contributed by atoms with van der Waals surface area (Å²) in [5.74, 6) is 0.617. The molecule has 0 atom stereocenters. The standard InChI is InChI=1S/2C17H11NO2.2C4H9O.Hf/c2*19-14-10-9-11-5-1-2-6-12(11)16(14)17-18-13-7-3-4-8-15(13)20-17;2*1-4(2,3)5;/h2*1-10,19H;2*1-3H3;/q;;2*-1;+4/p-2. The zero-order chi connectivity index (χ0) is 36.1. The van der Waals surface area contributed by atoms with E-state index in [9.17, 15) is 20.4 Å². The van der Waals surface area contributed by atoms with Gasteiger partial charge in [0.15, 0.2) is 11.2 Å². The summed E-state index contributed by atoms with van der Waals surface area (Å²) in [7, 11) is 0. The molecule has 0 saturated heterocycles. The van der Waals surface area contributed by atoms with Crippen LogP contribution in [0.4, 0.5) is 0 Å². The SMILES string of the molecule is CC(C)(C)[O-].CC(C)(C)[O-].[Hf+4].[O-]c1ccc2ccccc2c1-c1nc2ccccc2o1.[O-]c1ccc2ccccc2c1-c1nc2ccccc2o1. The van der Waals surface area contributed by atoms with Crippen molar-refractivity contribution in [1.82, 2.24) is 9.97 Å². The van der Waals surface area contributed by atoms with Gasteiger partial charge in [-0.15, -0.1) is 11.2 Å². The van der Waals surface area contributed by atoms with Crippen LogP contribution < -0.4 is 20.4 Å². The molecule has 2 heterocycles. The van der Waals surface area contributed by atoms with E-state index in [1.807, 2.05) is 109 Å². The molecule has 0 aliphatic carbocycles. The number of para-hydroxylation sites is 4. The summed E-state index contributed by atoms with van der Waals surface area (Å²) in [6.07, 6.45) is 0. The van der Waals surface area contributed by atoms with Gasteiger partial charge in [-0.2, -0.15) is 0 Å². The second-order valence-corrected chi connectivity index (χ2v) is 13.5. The molecule has 8 nitrogen and oxygen atoms in total. The molecule has 0 radical (unpaired) electrons. The minimum absolute atomic E-state index is 0. The Morgan fingerprint density at radius 3 is 1.12 bits per heavy atom. The summed E-state index contributed by atoms with van der Waals surface area (Å²) in [5, 5.41) is 48.4. The molecule has 0 unspecified atom stereocenters. The van der Waals surface area contributed by atoms with E-state index in [0.717, 1.165) is 32.6 Å². The van der Waals surface area contributed by atoms with Crippen LogP contribution in [0.25, 0.3) is 66.7 Å². The summed E-state index contributed by atoms with van der Waals surface area (Å²) in [6.45, 7) is 9.79. The largest absolute Gasteiger partial charge is 4.00 e. The van der Waals surface area contributed by atoms with Gasteiger partial charge in [-0.05, 0) is 45.8 Å². The van der Waals surface area contributed by atoms with E-state index in [4.69, 9.17) is 8.83 Å². The third-order valence-corrected chi connectivity index (χ3v) is 6.80. The molecule has 0 bridgehead atoms. The number of rotatable bonds is 2. The molecule has 0 spiro atoms. The van der Waals surface area contributed by atoms with Crippen LogP contribution >= 0.6 is 0 Å². The molecule has 256 valence electrons. The number of oxazole rings is 2. The second kappa shape index (κ2) is 16.5. The third-order valence-electron chi connectivity index (χ3n) is 6.80. The number of nitrogens with zero attached hydrogens (tertiary/aromatic N) is 2. The number of hydrogen-bond acceptors (Lipinski definition) is 8. The Labute approximate surface area is 315 Å². The average molecular weight is 845 g/mol. The first kappa shape index (κ1) is 39.0. The second-order valence-electron chi connectivity index (χ2n) is 13.5. The molecule has 0 fully saturated rings. The van der Waals surface area contributed by atoms with Crippen LogP contribution in [0.5, 0.6) is 11.5 Å². The maximum absolute atomic E-state index is 12.2. The number of benzene rings is 6. The van der Waals surface area contributed by atoms with E-state index >= 15 is 0 Å². The Kier molecular flexibility index (Phi) is 12.6. The summed E-state index contributed by atoms with van der Waals surface area (Å²) < 4.78 is 11.5. The molecule has 2 aromatic heterocycles. The van der Waals surface area contributed by atoms with Crippen LogP contribution in [0.3, 0.4) is 0 Å². The number of hydrogen-bond donors (Lipinski definition) is 0. The van der Waals surface area contributed by atoms with Gasteiger partial charge in [-0.3, -0.25) is 0 Å². The Morgan fingerprint density at radius 2 is 0.765 bits per heavy atom. The first-order valence-electron chi connectivity index (χ1n) is 16.2. The van der Waals surface area contributed by atoms with E-state index in [2.05, 4.69) is 9.97 Å². The van der Waals surface area contributed by atoms with E-state index in [1.54, 1.807) is 53.7 Å². The first-order valence-corrected chi connectivity index (χ1v) is 16.2. The summed E-state index contributed by atoms with van der Waals surface area (Å²) in [4.78, 5) is 8.85. The van der Waals surface area contributed by atoms with Crippen LogP contribution in [-0.2, 0) is 25.8 Å². The summed E-state index contributed by atoms with van der Waals surface area (Å²) >= 11 is 0. The summed E-state index contributed by atoms with van der Waals surface area (Å²) in [5.41, 5.74) is 2.45. The van der Waals surface area contributed by atoms with E-state index in [-0.39, 0.29) is 37.3 Å². The van der Waals surface area contributed by atoms with Crippen molar-refractivity contribution in [2.45, 2.75) is 52.7 Å². The van der Waals surface area contributed by atoms with Crippen molar-refractivity contribution >= 4 is 43.7 Å². The van der Waals surface area contributed by atoms with Crippen LogP contribution in [0.15, 0.2) is 130 Å². The van der Waals surface area contributed by atoms with Gasteiger partial charge >= 0.3 is 25.8 Å². The van der Waals surface area contributed by atoms with Crippen molar-refractivity contribution in [3.05, 3.63) is 121 Å². The van der Waals surface area contributed by atoms with Gasteiger partial charge in [0, 0.05) is 11.1 Å². The Hall–Kier alpha value is -4.83. The predicted octanol–water partition coefficient (Wildman–Crippen LogP) is 7.73. The van der Waals surface area contributed by atoms with Gasteiger partial charge in [-0.1, -0.05) is 150 Å². The van der Waals surface area contributed by atoms with Crippen LogP contribution in [-0.4, -0.2) is 21.2 Å². The van der Waals surface area contributed by atoms with E-state index in [0.29, 0.717) is 34.1 Å². The molecule has 0 aliphatic heterocycles. The normalized spacial score (nSPS) is 11.1. The molecule has 9 heteroatoms. The van der Waals surface area contributed by atoms with Crippen LogP contribution in [0, 0.1) is 0 Å². The molecular weight excluding hydrogens is 807 g/mol. The van der Waals surface area contributed by atoms with Gasteiger partial charge in [0.2, 0.25) is 11.8 Å². The Morgan fingerprint density at radius 1 is 0.451 bits per heavy atom. The van der Waals surface area contributed by atoms with E-state index < -0.39 is 11.2 Å². The average Bonchev–Trinajstić information content (AvgIpc) is 3.68. The third kappa shape index (κ3) is 10.6. The van der Waals surface area contributed by atoms with Crippen molar-refractivity contribution in [1.29, 1.82) is 0 Å². The monoisotopic (exact) mass is 846 g/mol. The van der Waals surface area contributed by atoms with Crippen LogP contribution in [0.2, 0.25) is 0 Å². The van der Waals surface area contributed by atoms with Gasteiger partial charge in [-0.25, -0.2) is 9.97 Å². The molecule has 6 aromatic carbocycles. The van der Waals surface area contributed by atoms with E-state index in [1.165, 1.54) is 0 Å². The van der Waals surface area contributed by atoms with Crippen molar-refractivity contribution in [2.75, 3.05) is 0 Å². The molecule has 51 heavy (non-hydrogen) atoms. The van der Waals surface area contributed by atoms with Crippen molar-refractivity contribution in [3.63, 3.8) is 0 Å². The topological polar surface area (TPSA) is 144 Å². The van der Waals surface area contributed by atoms with Crippen molar-refractivity contribution in [3.8, 4) is 34.4 Å². The molecule has 0 N–H and O–H groups in total. The van der Waals surface area contributed by atoms with Gasteiger partial charge in [0.25, 0.3) is 0 Å².